The lowest BCUT2D eigenvalue weighted by Gasteiger charge is -2.10. The number of benzene rings is 4. The zero-order valence-corrected chi connectivity index (χ0v) is 16.8. The molecule has 0 radical (unpaired) electrons. The second-order valence-electron chi connectivity index (χ2n) is 6.95. The number of hydrogen-bond donors (Lipinski definition) is 1. The minimum atomic E-state index is 0.509. The van der Waals surface area contributed by atoms with E-state index in [1.165, 1.54) is 16.7 Å². The van der Waals surface area contributed by atoms with Crippen LogP contribution in [0, 0.1) is 0 Å². The van der Waals surface area contributed by atoms with Gasteiger partial charge in [0.15, 0.2) is 0 Å². The summed E-state index contributed by atoms with van der Waals surface area (Å²) in [5.41, 5.74) is 4.78. The lowest BCUT2D eigenvalue weighted by atomic mass is 10.0. The summed E-state index contributed by atoms with van der Waals surface area (Å²) in [6.45, 7) is 1.80. The van der Waals surface area contributed by atoms with Crippen molar-refractivity contribution in [3.8, 4) is 22.6 Å². The van der Waals surface area contributed by atoms with Gasteiger partial charge >= 0.3 is 0 Å². The van der Waals surface area contributed by atoms with Gasteiger partial charge in [-0.15, -0.1) is 0 Å². The fraction of sp³-hybridized carbons (Fsp3) is 0.111. The molecule has 0 aromatic heterocycles. The summed E-state index contributed by atoms with van der Waals surface area (Å²) in [7, 11) is 0. The smallest absolute Gasteiger partial charge is 0.122 e. The summed E-state index contributed by atoms with van der Waals surface area (Å²) >= 11 is 0. The summed E-state index contributed by atoms with van der Waals surface area (Å²) in [5.74, 6) is 1.70. The molecule has 0 spiro atoms. The van der Waals surface area contributed by atoms with Gasteiger partial charge in [-0.05, 0) is 53.1 Å². The molecule has 0 atom stereocenters. The van der Waals surface area contributed by atoms with Crippen molar-refractivity contribution in [2.75, 3.05) is 18.5 Å². The molecule has 0 unspecified atom stereocenters. The molecule has 4 aromatic carbocycles. The molecule has 3 nitrogen and oxygen atoms in total. The normalized spacial score (nSPS) is 10.4. The van der Waals surface area contributed by atoms with Crippen LogP contribution in [-0.4, -0.2) is 13.2 Å². The summed E-state index contributed by atoms with van der Waals surface area (Å²) in [6, 6.07) is 36.9. The van der Waals surface area contributed by atoms with Crippen molar-refractivity contribution in [1.29, 1.82) is 0 Å². The van der Waals surface area contributed by atoms with Gasteiger partial charge < -0.3 is 14.8 Å². The van der Waals surface area contributed by atoms with E-state index in [0.29, 0.717) is 13.2 Å². The Bertz CT molecular complexity index is 1010. The van der Waals surface area contributed by atoms with Gasteiger partial charge in [0.1, 0.15) is 24.7 Å². The second-order valence-corrected chi connectivity index (χ2v) is 6.95. The average molecular weight is 396 g/mol. The second kappa shape index (κ2) is 10.2. The predicted octanol–water partition coefficient (Wildman–Crippen LogP) is 6.42. The first-order valence-electron chi connectivity index (χ1n) is 10.2. The molecule has 4 aromatic rings. The molecule has 0 amide bonds. The average Bonchev–Trinajstić information content (AvgIpc) is 2.83. The van der Waals surface area contributed by atoms with Crippen molar-refractivity contribution in [2.45, 2.75) is 6.54 Å². The number of nitrogens with one attached hydrogen (secondary N) is 1. The molecule has 1 N–H and O–H groups in total. The third-order valence-electron chi connectivity index (χ3n) is 4.78. The number of anilines is 1. The SMILES string of the molecule is c1ccc(OCCOc2ccc(NCc3ccc(-c4ccccc4)cc3)cc2)cc1. The molecule has 0 saturated heterocycles. The number of para-hydroxylation sites is 1. The molecule has 0 aliphatic rings. The van der Waals surface area contributed by atoms with E-state index in [-0.39, 0.29) is 0 Å². The van der Waals surface area contributed by atoms with E-state index in [1.54, 1.807) is 0 Å². The summed E-state index contributed by atoms with van der Waals surface area (Å²) in [4.78, 5) is 0. The molecular formula is C27H25NO2. The Morgan fingerprint density at radius 1 is 0.500 bits per heavy atom. The molecule has 150 valence electrons. The van der Waals surface area contributed by atoms with Gasteiger partial charge in [-0.25, -0.2) is 0 Å². The van der Waals surface area contributed by atoms with Gasteiger partial charge in [0.2, 0.25) is 0 Å². The number of ether oxygens (including phenoxy) is 2. The van der Waals surface area contributed by atoms with Gasteiger partial charge in [0.25, 0.3) is 0 Å². The highest BCUT2D eigenvalue weighted by Gasteiger charge is 2.00. The lowest BCUT2D eigenvalue weighted by Crippen LogP contribution is -2.08. The first-order chi connectivity index (χ1) is 14.9. The highest BCUT2D eigenvalue weighted by atomic mass is 16.5. The van der Waals surface area contributed by atoms with E-state index >= 15 is 0 Å². The molecule has 0 fully saturated rings. The summed E-state index contributed by atoms with van der Waals surface area (Å²) < 4.78 is 11.4. The van der Waals surface area contributed by atoms with Crippen LogP contribution in [0.2, 0.25) is 0 Å². The van der Waals surface area contributed by atoms with Gasteiger partial charge in [-0.2, -0.15) is 0 Å². The Balaban J connectivity index is 1.22. The van der Waals surface area contributed by atoms with Gasteiger partial charge in [0.05, 0.1) is 0 Å². The Hall–Kier alpha value is -3.72. The van der Waals surface area contributed by atoms with E-state index < -0.39 is 0 Å². The van der Waals surface area contributed by atoms with Crippen molar-refractivity contribution in [2.24, 2.45) is 0 Å². The fourth-order valence-electron chi connectivity index (χ4n) is 3.15. The minimum Gasteiger partial charge on any atom is -0.490 e. The Kier molecular flexibility index (Phi) is 6.64. The summed E-state index contributed by atoms with van der Waals surface area (Å²) in [6.07, 6.45) is 0. The van der Waals surface area contributed by atoms with Gasteiger partial charge in [-0.1, -0.05) is 72.8 Å². The molecule has 3 heteroatoms. The van der Waals surface area contributed by atoms with Crippen molar-refractivity contribution in [3.05, 3.63) is 115 Å². The van der Waals surface area contributed by atoms with Crippen molar-refractivity contribution >= 4 is 5.69 Å². The van der Waals surface area contributed by atoms with E-state index in [2.05, 4.69) is 53.8 Å². The zero-order valence-electron chi connectivity index (χ0n) is 16.8. The molecule has 0 bridgehead atoms. The molecule has 0 aliphatic carbocycles. The van der Waals surface area contributed by atoms with E-state index in [4.69, 9.17) is 9.47 Å². The maximum Gasteiger partial charge on any atom is 0.122 e. The topological polar surface area (TPSA) is 30.5 Å². The highest BCUT2D eigenvalue weighted by molar-refractivity contribution is 5.63. The molecule has 30 heavy (non-hydrogen) atoms. The Labute approximate surface area is 177 Å². The fourth-order valence-corrected chi connectivity index (χ4v) is 3.15. The van der Waals surface area contributed by atoms with Crippen molar-refractivity contribution in [3.63, 3.8) is 0 Å². The molecule has 0 heterocycles. The first kappa shape index (κ1) is 19.6. The largest absolute Gasteiger partial charge is 0.490 e. The predicted molar refractivity (Wildman–Crippen MR) is 123 cm³/mol. The van der Waals surface area contributed by atoms with Crippen molar-refractivity contribution < 1.29 is 9.47 Å². The van der Waals surface area contributed by atoms with Crippen LogP contribution in [0.5, 0.6) is 11.5 Å². The minimum absolute atomic E-state index is 0.509. The molecule has 0 aliphatic heterocycles. The van der Waals surface area contributed by atoms with Crippen LogP contribution in [0.3, 0.4) is 0 Å². The number of hydrogen-bond acceptors (Lipinski definition) is 3. The van der Waals surface area contributed by atoms with Crippen LogP contribution in [0.15, 0.2) is 109 Å². The van der Waals surface area contributed by atoms with Gasteiger partial charge in [0, 0.05) is 12.2 Å². The monoisotopic (exact) mass is 395 g/mol. The molecular weight excluding hydrogens is 370 g/mol. The molecule has 4 rings (SSSR count). The van der Waals surface area contributed by atoms with Crippen LogP contribution in [0.25, 0.3) is 11.1 Å². The Morgan fingerprint density at radius 2 is 1.03 bits per heavy atom. The number of rotatable bonds is 9. The molecule has 0 saturated carbocycles. The Morgan fingerprint density at radius 3 is 1.67 bits per heavy atom. The van der Waals surface area contributed by atoms with Crippen LogP contribution in [0.4, 0.5) is 5.69 Å². The van der Waals surface area contributed by atoms with Crippen LogP contribution < -0.4 is 14.8 Å². The van der Waals surface area contributed by atoms with E-state index in [9.17, 15) is 0 Å². The van der Waals surface area contributed by atoms with Crippen LogP contribution >= 0.6 is 0 Å². The maximum absolute atomic E-state index is 5.75. The van der Waals surface area contributed by atoms with E-state index in [0.717, 1.165) is 23.7 Å². The highest BCUT2D eigenvalue weighted by Crippen LogP contribution is 2.20. The third-order valence-corrected chi connectivity index (χ3v) is 4.78. The third kappa shape index (κ3) is 5.65. The van der Waals surface area contributed by atoms with Crippen LogP contribution in [-0.2, 0) is 6.54 Å². The standard InChI is InChI=1S/C27H25NO2/c1-3-7-23(8-4-1)24-13-11-22(12-14-24)21-28-25-15-17-27(18-16-25)30-20-19-29-26-9-5-2-6-10-26/h1-18,28H,19-21H2. The maximum atomic E-state index is 5.75. The first-order valence-corrected chi connectivity index (χ1v) is 10.2. The van der Waals surface area contributed by atoms with Crippen molar-refractivity contribution in [1.82, 2.24) is 0 Å². The zero-order chi connectivity index (χ0) is 20.4. The summed E-state index contributed by atoms with van der Waals surface area (Å²) in [5, 5.41) is 3.46. The quantitative estimate of drug-likeness (QED) is 0.332. The van der Waals surface area contributed by atoms with Gasteiger partial charge in [-0.3, -0.25) is 0 Å². The van der Waals surface area contributed by atoms with E-state index in [1.807, 2.05) is 60.7 Å². The lowest BCUT2D eigenvalue weighted by molar-refractivity contribution is 0.217. The van der Waals surface area contributed by atoms with Crippen LogP contribution in [0.1, 0.15) is 5.56 Å².